The molecule has 0 bridgehead atoms. The van der Waals surface area contributed by atoms with E-state index in [1.165, 1.54) is 12.8 Å². The zero-order valence-electron chi connectivity index (χ0n) is 18.1. The number of hydrogen-bond acceptors (Lipinski definition) is 5. The third-order valence-electron chi connectivity index (χ3n) is 5.29. The second-order valence-electron chi connectivity index (χ2n) is 8.06. The standard InChI is InChI=1S/C22H28N6O.2ClH/c1-26(2)12-13-27(3)22(29)18-8-6-17(7-9-18)19-15-24-21-11-10-20(25-28(19)21)23-14-16-4-5-16;;/h6-11,15-16H,4-5,12-14H2,1-3H3,(H,23,25);2*1H. The first-order valence-electron chi connectivity index (χ1n) is 10.1. The van der Waals surface area contributed by atoms with E-state index in [1.54, 1.807) is 4.90 Å². The molecule has 0 atom stereocenters. The Labute approximate surface area is 195 Å². The smallest absolute Gasteiger partial charge is 0.253 e. The van der Waals surface area contributed by atoms with E-state index >= 15 is 0 Å². The summed E-state index contributed by atoms with van der Waals surface area (Å²) in [5.41, 5.74) is 3.39. The summed E-state index contributed by atoms with van der Waals surface area (Å²) in [4.78, 5) is 20.9. The van der Waals surface area contributed by atoms with Crippen LogP contribution < -0.4 is 5.32 Å². The van der Waals surface area contributed by atoms with Crippen LogP contribution in [-0.4, -0.2) is 71.1 Å². The van der Waals surface area contributed by atoms with Crippen LogP contribution in [0.15, 0.2) is 42.6 Å². The average Bonchev–Trinajstić information content (AvgIpc) is 3.47. The number of aromatic nitrogens is 3. The van der Waals surface area contributed by atoms with Gasteiger partial charge in [-0.15, -0.1) is 29.9 Å². The minimum absolute atomic E-state index is 0. The van der Waals surface area contributed by atoms with Crippen molar-refractivity contribution in [3.05, 3.63) is 48.2 Å². The molecule has 1 fully saturated rings. The number of fused-ring (bicyclic) bond motifs is 1. The molecule has 0 spiro atoms. The summed E-state index contributed by atoms with van der Waals surface area (Å²) >= 11 is 0. The molecule has 9 heteroatoms. The van der Waals surface area contributed by atoms with E-state index in [1.807, 2.05) is 68.3 Å². The minimum atomic E-state index is 0. The average molecular weight is 465 g/mol. The van der Waals surface area contributed by atoms with Crippen molar-refractivity contribution in [2.45, 2.75) is 12.8 Å². The number of anilines is 1. The lowest BCUT2D eigenvalue weighted by atomic mass is 10.1. The van der Waals surface area contributed by atoms with E-state index < -0.39 is 0 Å². The maximum Gasteiger partial charge on any atom is 0.253 e. The highest BCUT2D eigenvalue weighted by Gasteiger charge is 2.21. The summed E-state index contributed by atoms with van der Waals surface area (Å²) in [5.74, 6) is 1.68. The fourth-order valence-corrected chi connectivity index (χ4v) is 3.19. The number of imidazole rings is 1. The third-order valence-corrected chi connectivity index (χ3v) is 5.29. The molecule has 7 nitrogen and oxygen atoms in total. The zero-order chi connectivity index (χ0) is 20.4. The lowest BCUT2D eigenvalue weighted by Crippen LogP contribution is -2.33. The predicted octanol–water partition coefficient (Wildman–Crippen LogP) is 3.70. The highest BCUT2D eigenvalue weighted by atomic mass is 35.5. The molecule has 31 heavy (non-hydrogen) atoms. The molecule has 3 aromatic rings. The Bertz CT molecular complexity index is 1000. The van der Waals surface area contributed by atoms with Crippen molar-refractivity contribution in [1.29, 1.82) is 0 Å². The number of likely N-dealkylation sites (N-methyl/N-ethyl adjacent to an activating group) is 2. The van der Waals surface area contributed by atoms with Crippen LogP contribution >= 0.6 is 24.8 Å². The van der Waals surface area contributed by atoms with Crippen molar-refractivity contribution in [2.24, 2.45) is 5.92 Å². The van der Waals surface area contributed by atoms with E-state index in [9.17, 15) is 4.79 Å². The number of hydrogen-bond donors (Lipinski definition) is 1. The van der Waals surface area contributed by atoms with Gasteiger partial charge in [-0.1, -0.05) is 12.1 Å². The van der Waals surface area contributed by atoms with Crippen molar-refractivity contribution < 1.29 is 4.79 Å². The van der Waals surface area contributed by atoms with Crippen LogP contribution in [0.5, 0.6) is 0 Å². The molecule has 1 N–H and O–H groups in total. The maximum absolute atomic E-state index is 12.6. The first kappa shape index (κ1) is 24.9. The maximum atomic E-state index is 12.6. The van der Waals surface area contributed by atoms with Gasteiger partial charge in [0, 0.05) is 37.8 Å². The molecule has 0 unspecified atom stereocenters. The highest BCUT2D eigenvalue weighted by molar-refractivity contribution is 5.94. The Balaban J connectivity index is 0.00000171. The summed E-state index contributed by atoms with van der Waals surface area (Å²) in [6, 6.07) is 11.6. The lowest BCUT2D eigenvalue weighted by molar-refractivity contribution is 0.0786. The van der Waals surface area contributed by atoms with E-state index in [-0.39, 0.29) is 30.7 Å². The molecule has 0 saturated heterocycles. The molecule has 0 radical (unpaired) electrons. The fourth-order valence-electron chi connectivity index (χ4n) is 3.19. The van der Waals surface area contributed by atoms with Crippen LogP contribution in [0.2, 0.25) is 0 Å². The topological polar surface area (TPSA) is 65.8 Å². The van der Waals surface area contributed by atoms with Gasteiger partial charge >= 0.3 is 0 Å². The Hall–Kier alpha value is -2.35. The second kappa shape index (κ2) is 10.8. The Morgan fingerprint density at radius 3 is 2.42 bits per heavy atom. The number of rotatable bonds is 8. The first-order chi connectivity index (χ1) is 14.0. The van der Waals surface area contributed by atoms with Crippen molar-refractivity contribution in [3.63, 3.8) is 0 Å². The summed E-state index contributed by atoms with van der Waals surface area (Å²) in [5, 5.41) is 8.11. The number of carbonyl (C=O) groups excluding carboxylic acids is 1. The SMILES string of the molecule is CN(C)CCN(C)C(=O)c1ccc(-c2cnc3ccc(NCC4CC4)nn23)cc1.Cl.Cl. The van der Waals surface area contributed by atoms with Gasteiger partial charge in [-0.05, 0) is 57.1 Å². The first-order valence-corrected chi connectivity index (χ1v) is 10.1. The summed E-state index contributed by atoms with van der Waals surface area (Å²) in [6.07, 6.45) is 4.44. The van der Waals surface area contributed by atoms with Gasteiger partial charge in [0.2, 0.25) is 0 Å². The molecule has 0 aliphatic heterocycles. The molecule has 1 aliphatic carbocycles. The van der Waals surface area contributed by atoms with E-state index in [0.717, 1.165) is 41.7 Å². The van der Waals surface area contributed by atoms with Crippen LogP contribution in [0.3, 0.4) is 0 Å². The number of halogens is 2. The quantitative estimate of drug-likeness (QED) is 0.550. The number of amides is 1. The monoisotopic (exact) mass is 464 g/mol. The van der Waals surface area contributed by atoms with Crippen molar-refractivity contribution >= 4 is 42.2 Å². The molecule has 168 valence electrons. The Morgan fingerprint density at radius 1 is 1.06 bits per heavy atom. The van der Waals surface area contributed by atoms with E-state index in [0.29, 0.717) is 12.1 Å². The molecule has 1 aromatic carbocycles. The fraction of sp³-hybridized carbons (Fsp3) is 0.409. The van der Waals surface area contributed by atoms with Crippen LogP contribution in [0.1, 0.15) is 23.2 Å². The molecule has 1 amide bonds. The van der Waals surface area contributed by atoms with Crippen molar-refractivity contribution in [2.75, 3.05) is 46.1 Å². The zero-order valence-corrected chi connectivity index (χ0v) is 19.7. The van der Waals surface area contributed by atoms with Gasteiger partial charge in [0.15, 0.2) is 5.65 Å². The predicted molar refractivity (Wildman–Crippen MR) is 130 cm³/mol. The molecule has 2 heterocycles. The van der Waals surface area contributed by atoms with Gasteiger partial charge in [0.1, 0.15) is 5.82 Å². The van der Waals surface area contributed by atoms with Crippen LogP contribution in [-0.2, 0) is 0 Å². The third kappa shape index (κ3) is 6.09. The molecule has 2 aromatic heterocycles. The summed E-state index contributed by atoms with van der Waals surface area (Å²) in [7, 11) is 5.85. The van der Waals surface area contributed by atoms with Gasteiger partial charge in [0.05, 0.1) is 11.9 Å². The van der Waals surface area contributed by atoms with E-state index in [2.05, 4.69) is 15.2 Å². The molecule has 4 rings (SSSR count). The molecular formula is C22H30Cl2N6O. The van der Waals surface area contributed by atoms with Gasteiger partial charge in [-0.25, -0.2) is 9.50 Å². The second-order valence-corrected chi connectivity index (χ2v) is 8.06. The van der Waals surface area contributed by atoms with Crippen molar-refractivity contribution in [3.8, 4) is 11.3 Å². The number of nitrogens with zero attached hydrogens (tertiary/aromatic N) is 5. The summed E-state index contributed by atoms with van der Waals surface area (Å²) < 4.78 is 1.86. The van der Waals surface area contributed by atoms with Crippen LogP contribution in [0, 0.1) is 5.92 Å². The van der Waals surface area contributed by atoms with Crippen LogP contribution in [0.25, 0.3) is 16.9 Å². The van der Waals surface area contributed by atoms with Crippen LogP contribution in [0.4, 0.5) is 5.82 Å². The van der Waals surface area contributed by atoms with E-state index in [4.69, 9.17) is 5.10 Å². The minimum Gasteiger partial charge on any atom is -0.368 e. The number of nitrogens with one attached hydrogen (secondary N) is 1. The Kier molecular flexibility index (Phi) is 8.68. The number of benzene rings is 1. The van der Waals surface area contributed by atoms with Gasteiger partial charge in [-0.2, -0.15) is 0 Å². The highest BCUT2D eigenvalue weighted by Crippen LogP contribution is 2.29. The molecule has 1 saturated carbocycles. The molecule has 1 aliphatic rings. The van der Waals surface area contributed by atoms with Gasteiger partial charge < -0.3 is 15.1 Å². The van der Waals surface area contributed by atoms with Crippen molar-refractivity contribution in [1.82, 2.24) is 24.4 Å². The normalized spacial score (nSPS) is 12.9. The number of carbonyl (C=O) groups is 1. The van der Waals surface area contributed by atoms with Gasteiger partial charge in [-0.3, -0.25) is 4.79 Å². The van der Waals surface area contributed by atoms with Gasteiger partial charge in [0.25, 0.3) is 5.91 Å². The summed E-state index contributed by atoms with van der Waals surface area (Å²) in [6.45, 7) is 2.51. The lowest BCUT2D eigenvalue weighted by Gasteiger charge is -2.19. The Morgan fingerprint density at radius 2 is 1.77 bits per heavy atom. The molecular weight excluding hydrogens is 435 g/mol. The largest absolute Gasteiger partial charge is 0.368 e.